The van der Waals surface area contributed by atoms with Crippen molar-refractivity contribution in [2.75, 3.05) is 0 Å². The third-order valence-corrected chi connectivity index (χ3v) is 3.62. The van der Waals surface area contributed by atoms with Crippen molar-refractivity contribution in [3.63, 3.8) is 0 Å². The Morgan fingerprint density at radius 3 is 2.43 bits per heavy atom. The van der Waals surface area contributed by atoms with Crippen LogP contribution in [0.15, 0.2) is 45.7 Å². The van der Waals surface area contributed by atoms with Gasteiger partial charge < -0.3 is 0 Å². The Hall–Kier alpha value is -2.28. The third kappa shape index (κ3) is 3.25. The first-order valence-electron chi connectivity index (χ1n) is 6.04. The van der Waals surface area contributed by atoms with Gasteiger partial charge in [0.1, 0.15) is 0 Å². The molecule has 108 valence electrons. The largest absolute Gasteiger partial charge is 0.299 e. The molecule has 0 atom stereocenters. The zero-order valence-corrected chi connectivity index (χ0v) is 12.7. The van der Waals surface area contributed by atoms with Crippen LogP contribution in [0.25, 0.3) is 0 Å². The topological polar surface area (TPSA) is 82.2 Å². The van der Waals surface area contributed by atoms with Crippen LogP contribution in [0.3, 0.4) is 0 Å². The fraction of sp³-hybridized carbons (Fsp3) is 0.143. The van der Waals surface area contributed by atoms with Crippen LogP contribution in [0.4, 0.5) is 5.69 Å². The monoisotopic (exact) mass is 350 g/mol. The number of aromatic nitrogens is 1. The van der Waals surface area contributed by atoms with Gasteiger partial charge in [-0.1, -0.05) is 28.1 Å². The minimum absolute atomic E-state index is 0.165. The van der Waals surface area contributed by atoms with Gasteiger partial charge in [-0.25, -0.2) is 0 Å². The molecule has 21 heavy (non-hydrogen) atoms. The van der Waals surface area contributed by atoms with E-state index >= 15 is 0 Å². The van der Waals surface area contributed by atoms with Crippen LogP contribution >= 0.6 is 15.9 Å². The van der Waals surface area contributed by atoms with Crippen molar-refractivity contribution in [1.82, 2.24) is 4.57 Å². The Balaban J connectivity index is 2.37. The highest BCUT2D eigenvalue weighted by atomic mass is 79.9. The molecule has 0 aliphatic carbocycles. The normalized spacial score (nSPS) is 10.4. The minimum Gasteiger partial charge on any atom is -0.299 e. The number of hydrogen-bond acceptors (Lipinski definition) is 4. The first-order valence-corrected chi connectivity index (χ1v) is 6.83. The van der Waals surface area contributed by atoms with E-state index in [-0.39, 0.29) is 23.7 Å². The smallest absolute Gasteiger partial charge is 0.288 e. The second kappa shape index (κ2) is 6.01. The Labute approximate surface area is 128 Å². The Kier molecular flexibility index (Phi) is 4.32. The summed E-state index contributed by atoms with van der Waals surface area (Å²) in [6.45, 7) is 1.22. The predicted molar refractivity (Wildman–Crippen MR) is 80.6 cm³/mol. The SMILES string of the molecule is Cc1c([N+](=O)[O-])ccc(=O)n1CC(=O)c1ccc(Br)cc1. The van der Waals surface area contributed by atoms with E-state index < -0.39 is 10.5 Å². The van der Waals surface area contributed by atoms with Crippen LogP contribution in [0.5, 0.6) is 0 Å². The van der Waals surface area contributed by atoms with Gasteiger partial charge in [0.25, 0.3) is 11.2 Å². The number of ketones is 1. The van der Waals surface area contributed by atoms with Crippen molar-refractivity contribution >= 4 is 27.4 Å². The average Bonchev–Trinajstić information content (AvgIpc) is 2.43. The number of benzene rings is 1. The van der Waals surface area contributed by atoms with E-state index in [2.05, 4.69) is 15.9 Å². The maximum Gasteiger partial charge on any atom is 0.288 e. The van der Waals surface area contributed by atoms with Crippen molar-refractivity contribution in [3.8, 4) is 0 Å². The summed E-state index contributed by atoms with van der Waals surface area (Å²) < 4.78 is 1.95. The van der Waals surface area contributed by atoms with Gasteiger partial charge in [0.2, 0.25) is 0 Å². The number of rotatable bonds is 4. The van der Waals surface area contributed by atoms with Crippen LogP contribution in [-0.2, 0) is 6.54 Å². The van der Waals surface area contributed by atoms with Crippen molar-refractivity contribution in [2.24, 2.45) is 0 Å². The highest BCUT2D eigenvalue weighted by Gasteiger charge is 2.17. The Morgan fingerprint density at radius 1 is 1.24 bits per heavy atom. The molecule has 0 N–H and O–H groups in total. The van der Waals surface area contributed by atoms with Gasteiger partial charge >= 0.3 is 0 Å². The molecule has 0 bridgehead atoms. The molecule has 0 saturated carbocycles. The van der Waals surface area contributed by atoms with Gasteiger partial charge in [-0.2, -0.15) is 0 Å². The summed E-state index contributed by atoms with van der Waals surface area (Å²) in [5.41, 5.74) is -0.0178. The summed E-state index contributed by atoms with van der Waals surface area (Å²) >= 11 is 3.27. The number of pyridine rings is 1. The second-order valence-corrected chi connectivity index (χ2v) is 5.33. The molecule has 0 aliphatic heterocycles. The van der Waals surface area contributed by atoms with Crippen LogP contribution in [0, 0.1) is 17.0 Å². The number of Topliss-reactive ketones (excluding diaryl/α,β-unsaturated/α-hetero) is 1. The summed E-state index contributed by atoms with van der Waals surface area (Å²) in [6.07, 6.45) is 0. The van der Waals surface area contributed by atoms with Gasteiger partial charge in [0.15, 0.2) is 5.78 Å². The van der Waals surface area contributed by atoms with E-state index in [4.69, 9.17) is 0 Å². The van der Waals surface area contributed by atoms with Crippen LogP contribution < -0.4 is 5.56 Å². The van der Waals surface area contributed by atoms with Crippen LogP contribution in [0.2, 0.25) is 0 Å². The van der Waals surface area contributed by atoms with Crippen molar-refractivity contribution in [3.05, 3.63) is 72.6 Å². The average molecular weight is 351 g/mol. The summed E-state index contributed by atoms with van der Waals surface area (Å²) in [4.78, 5) is 34.3. The minimum atomic E-state index is -0.574. The van der Waals surface area contributed by atoms with Gasteiger partial charge in [0, 0.05) is 22.2 Å². The lowest BCUT2D eigenvalue weighted by atomic mass is 10.1. The molecule has 0 aliphatic rings. The molecular formula is C14H11BrN2O4. The molecule has 2 aromatic rings. The number of carbonyl (C=O) groups is 1. The third-order valence-electron chi connectivity index (χ3n) is 3.09. The standard InChI is InChI=1S/C14H11BrN2O4/c1-9-12(17(20)21)6-7-14(19)16(9)8-13(18)10-2-4-11(15)5-3-10/h2-7H,8H2,1H3. The lowest BCUT2D eigenvalue weighted by molar-refractivity contribution is -0.386. The fourth-order valence-corrected chi connectivity index (χ4v) is 2.19. The molecule has 0 fully saturated rings. The summed E-state index contributed by atoms with van der Waals surface area (Å²) in [6, 6.07) is 8.94. The maximum atomic E-state index is 12.2. The number of halogens is 1. The molecule has 1 aromatic heterocycles. The highest BCUT2D eigenvalue weighted by Crippen LogP contribution is 2.16. The van der Waals surface area contributed by atoms with Crippen molar-refractivity contribution in [2.45, 2.75) is 13.5 Å². The van der Waals surface area contributed by atoms with E-state index in [0.29, 0.717) is 5.56 Å². The second-order valence-electron chi connectivity index (χ2n) is 4.42. The number of carbonyl (C=O) groups excluding carboxylic acids is 1. The predicted octanol–water partition coefficient (Wildman–Crippen LogP) is 2.71. The Bertz CT molecular complexity index is 766. The van der Waals surface area contributed by atoms with Gasteiger partial charge in [-0.15, -0.1) is 0 Å². The quantitative estimate of drug-likeness (QED) is 0.482. The van der Waals surface area contributed by atoms with Crippen molar-refractivity contribution < 1.29 is 9.72 Å². The summed E-state index contributed by atoms with van der Waals surface area (Å²) in [5, 5.41) is 10.9. The maximum absolute atomic E-state index is 12.2. The van der Waals surface area contributed by atoms with Gasteiger partial charge in [-0.3, -0.25) is 24.3 Å². The molecule has 0 unspecified atom stereocenters. The zero-order chi connectivity index (χ0) is 15.6. The lowest BCUT2D eigenvalue weighted by Crippen LogP contribution is -2.26. The van der Waals surface area contributed by atoms with E-state index in [9.17, 15) is 19.7 Å². The fourth-order valence-electron chi connectivity index (χ4n) is 1.92. The molecule has 1 aromatic carbocycles. The van der Waals surface area contributed by atoms with Crippen LogP contribution in [-0.4, -0.2) is 15.3 Å². The van der Waals surface area contributed by atoms with E-state index in [1.807, 2.05) is 0 Å². The summed E-state index contributed by atoms with van der Waals surface area (Å²) in [7, 11) is 0. The molecule has 1 heterocycles. The molecule has 7 heteroatoms. The number of nitro groups is 1. The number of hydrogen-bond donors (Lipinski definition) is 0. The van der Waals surface area contributed by atoms with Crippen LogP contribution in [0.1, 0.15) is 16.1 Å². The highest BCUT2D eigenvalue weighted by molar-refractivity contribution is 9.10. The van der Waals surface area contributed by atoms with Gasteiger partial charge in [-0.05, 0) is 19.1 Å². The number of nitrogens with zero attached hydrogens (tertiary/aromatic N) is 2. The lowest BCUT2D eigenvalue weighted by Gasteiger charge is -2.09. The molecule has 0 saturated heterocycles. The Morgan fingerprint density at radius 2 is 1.86 bits per heavy atom. The van der Waals surface area contributed by atoms with E-state index in [1.54, 1.807) is 24.3 Å². The molecule has 0 radical (unpaired) electrons. The summed E-state index contributed by atoms with van der Waals surface area (Å²) in [5.74, 6) is -0.284. The van der Waals surface area contributed by atoms with Crippen molar-refractivity contribution in [1.29, 1.82) is 0 Å². The van der Waals surface area contributed by atoms with E-state index in [1.165, 1.54) is 6.92 Å². The molecular weight excluding hydrogens is 340 g/mol. The molecule has 0 amide bonds. The first-order chi connectivity index (χ1) is 9.90. The first kappa shape index (κ1) is 15.1. The molecule has 6 nitrogen and oxygen atoms in total. The molecule has 2 rings (SSSR count). The van der Waals surface area contributed by atoms with Gasteiger partial charge in [0.05, 0.1) is 17.2 Å². The van der Waals surface area contributed by atoms with E-state index in [0.717, 1.165) is 21.2 Å². The molecule has 0 spiro atoms. The zero-order valence-electron chi connectivity index (χ0n) is 11.1.